The molecule has 1 heterocycles. The molecule has 2 nitrogen and oxygen atoms in total. The van der Waals surface area contributed by atoms with E-state index in [1.54, 1.807) is 6.42 Å². The summed E-state index contributed by atoms with van der Waals surface area (Å²) in [6.45, 7) is 5.90. The number of nitrogens with one attached hydrogen (secondary N) is 1. The zero-order valence-electron chi connectivity index (χ0n) is 10.6. The van der Waals surface area contributed by atoms with E-state index in [4.69, 9.17) is 0 Å². The van der Waals surface area contributed by atoms with Crippen LogP contribution >= 0.6 is 0 Å². The SMILES string of the molecule is CC1(C)CN(C2C3CC4CC(C3)CC2C4)N1. The van der Waals surface area contributed by atoms with Gasteiger partial charge in [0.15, 0.2) is 0 Å². The number of rotatable bonds is 1. The van der Waals surface area contributed by atoms with E-state index in [-0.39, 0.29) is 0 Å². The van der Waals surface area contributed by atoms with Gasteiger partial charge in [-0.25, -0.2) is 10.4 Å². The molecular weight excluding hydrogens is 196 g/mol. The Balaban J connectivity index is 1.53. The Labute approximate surface area is 98.7 Å². The summed E-state index contributed by atoms with van der Waals surface area (Å²) in [7, 11) is 0. The average Bonchev–Trinajstić information content (AvgIpc) is 2.12. The highest BCUT2D eigenvalue weighted by Crippen LogP contribution is 2.55. The molecule has 1 N–H and O–H groups in total. The van der Waals surface area contributed by atoms with Crippen molar-refractivity contribution in [2.24, 2.45) is 23.7 Å². The molecule has 4 aliphatic carbocycles. The number of hydrogen-bond acceptors (Lipinski definition) is 2. The molecule has 1 aliphatic heterocycles. The Morgan fingerprint density at radius 3 is 1.88 bits per heavy atom. The molecule has 4 saturated carbocycles. The standard InChI is InChI=1S/C14H24N2/c1-14(2)8-16(15-14)13-11-4-9-3-10(6-11)7-12(13)5-9/h9-13,15H,3-8H2,1-2H3. The van der Waals surface area contributed by atoms with Gasteiger partial charge < -0.3 is 0 Å². The lowest BCUT2D eigenvalue weighted by Crippen LogP contribution is -2.74. The van der Waals surface area contributed by atoms with Crippen LogP contribution in [0.1, 0.15) is 46.0 Å². The van der Waals surface area contributed by atoms with E-state index in [1.807, 2.05) is 0 Å². The van der Waals surface area contributed by atoms with Gasteiger partial charge in [0.2, 0.25) is 0 Å². The van der Waals surface area contributed by atoms with Crippen molar-refractivity contribution < 1.29 is 0 Å². The first-order valence-corrected chi connectivity index (χ1v) is 7.15. The van der Waals surface area contributed by atoms with E-state index in [9.17, 15) is 0 Å². The summed E-state index contributed by atoms with van der Waals surface area (Å²) in [5.74, 6) is 4.26. The van der Waals surface area contributed by atoms with Gasteiger partial charge in [-0.05, 0) is 69.6 Å². The van der Waals surface area contributed by atoms with Gasteiger partial charge in [0.1, 0.15) is 0 Å². The normalized spacial score (nSPS) is 54.0. The van der Waals surface area contributed by atoms with Crippen molar-refractivity contribution in [2.75, 3.05) is 6.54 Å². The van der Waals surface area contributed by atoms with Crippen LogP contribution in [0.3, 0.4) is 0 Å². The van der Waals surface area contributed by atoms with Crippen LogP contribution in [0.25, 0.3) is 0 Å². The average molecular weight is 220 g/mol. The highest BCUT2D eigenvalue weighted by Gasteiger charge is 2.53. The summed E-state index contributed by atoms with van der Waals surface area (Å²) >= 11 is 0. The van der Waals surface area contributed by atoms with Gasteiger partial charge in [-0.2, -0.15) is 0 Å². The van der Waals surface area contributed by atoms with Gasteiger partial charge in [-0.1, -0.05) is 0 Å². The summed E-state index contributed by atoms with van der Waals surface area (Å²) in [5, 5.41) is 2.59. The van der Waals surface area contributed by atoms with Crippen molar-refractivity contribution in [1.82, 2.24) is 10.4 Å². The minimum Gasteiger partial charge on any atom is -0.248 e. The molecule has 1 saturated heterocycles. The summed E-state index contributed by atoms with van der Waals surface area (Å²) in [6.07, 6.45) is 7.72. The smallest absolute Gasteiger partial charge is 0.0410 e. The molecule has 0 atom stereocenters. The lowest BCUT2D eigenvalue weighted by atomic mass is 9.54. The molecule has 0 amide bonds. The molecule has 5 aliphatic rings. The Morgan fingerprint density at radius 1 is 0.938 bits per heavy atom. The fraction of sp³-hybridized carbons (Fsp3) is 1.00. The van der Waals surface area contributed by atoms with Crippen molar-refractivity contribution in [2.45, 2.75) is 57.5 Å². The molecule has 0 aromatic heterocycles. The minimum atomic E-state index is 0.370. The van der Waals surface area contributed by atoms with Gasteiger partial charge in [0.25, 0.3) is 0 Å². The Kier molecular flexibility index (Phi) is 1.87. The van der Waals surface area contributed by atoms with Crippen LogP contribution in [-0.2, 0) is 0 Å². The van der Waals surface area contributed by atoms with Gasteiger partial charge in [0.05, 0.1) is 0 Å². The van der Waals surface area contributed by atoms with Gasteiger partial charge >= 0.3 is 0 Å². The zero-order chi connectivity index (χ0) is 10.9. The summed E-state index contributed by atoms with van der Waals surface area (Å²) in [5.41, 5.74) is 4.05. The molecule has 0 aromatic carbocycles. The molecule has 0 aromatic rings. The highest BCUT2D eigenvalue weighted by molar-refractivity contribution is 5.05. The number of hydrazine groups is 1. The van der Waals surface area contributed by atoms with Gasteiger partial charge in [-0.15, -0.1) is 0 Å². The molecule has 2 heteroatoms. The monoisotopic (exact) mass is 220 g/mol. The molecule has 90 valence electrons. The quantitative estimate of drug-likeness (QED) is 0.730. The molecule has 0 unspecified atom stereocenters. The molecule has 5 fully saturated rings. The Morgan fingerprint density at radius 2 is 1.44 bits per heavy atom. The molecule has 0 radical (unpaired) electrons. The zero-order valence-corrected chi connectivity index (χ0v) is 10.6. The van der Waals surface area contributed by atoms with E-state index in [1.165, 1.54) is 32.2 Å². The Bertz CT molecular complexity index is 274. The van der Waals surface area contributed by atoms with E-state index in [2.05, 4.69) is 24.3 Å². The fourth-order valence-electron chi connectivity index (χ4n) is 5.38. The molecule has 5 rings (SSSR count). The molecular formula is C14H24N2. The van der Waals surface area contributed by atoms with Crippen molar-refractivity contribution in [1.29, 1.82) is 0 Å². The third kappa shape index (κ3) is 1.32. The minimum absolute atomic E-state index is 0.370. The topological polar surface area (TPSA) is 15.3 Å². The largest absolute Gasteiger partial charge is 0.248 e. The summed E-state index contributed by atoms with van der Waals surface area (Å²) < 4.78 is 0. The van der Waals surface area contributed by atoms with Crippen molar-refractivity contribution in [3.63, 3.8) is 0 Å². The Hall–Kier alpha value is -0.0800. The first kappa shape index (κ1) is 9.90. The third-order valence-corrected chi connectivity index (χ3v) is 5.55. The van der Waals surface area contributed by atoms with E-state index in [0.29, 0.717) is 5.54 Å². The van der Waals surface area contributed by atoms with E-state index >= 15 is 0 Å². The predicted octanol–water partition coefficient (Wildman–Crippen LogP) is 2.41. The summed E-state index contributed by atoms with van der Waals surface area (Å²) in [4.78, 5) is 0. The molecule has 16 heavy (non-hydrogen) atoms. The van der Waals surface area contributed by atoms with Crippen LogP contribution in [0.2, 0.25) is 0 Å². The van der Waals surface area contributed by atoms with Gasteiger partial charge in [0, 0.05) is 18.1 Å². The van der Waals surface area contributed by atoms with E-state index < -0.39 is 0 Å². The second-order valence-electron chi connectivity index (χ2n) is 7.54. The van der Waals surface area contributed by atoms with Crippen LogP contribution in [0.4, 0.5) is 0 Å². The van der Waals surface area contributed by atoms with Crippen LogP contribution in [0.15, 0.2) is 0 Å². The maximum absolute atomic E-state index is 3.68. The van der Waals surface area contributed by atoms with Crippen LogP contribution < -0.4 is 5.43 Å². The van der Waals surface area contributed by atoms with Crippen molar-refractivity contribution in [3.05, 3.63) is 0 Å². The maximum Gasteiger partial charge on any atom is 0.0410 e. The van der Waals surface area contributed by atoms with Crippen LogP contribution in [0.5, 0.6) is 0 Å². The highest BCUT2D eigenvalue weighted by atomic mass is 15.6. The third-order valence-electron chi connectivity index (χ3n) is 5.55. The molecule has 4 bridgehead atoms. The second-order valence-corrected chi connectivity index (χ2v) is 7.54. The van der Waals surface area contributed by atoms with Gasteiger partial charge in [-0.3, -0.25) is 0 Å². The maximum atomic E-state index is 3.68. The first-order valence-electron chi connectivity index (χ1n) is 7.15. The van der Waals surface area contributed by atoms with Crippen LogP contribution in [-0.4, -0.2) is 23.1 Å². The lowest BCUT2D eigenvalue weighted by Gasteiger charge is -2.62. The number of nitrogens with zero attached hydrogens (tertiary/aromatic N) is 1. The fourth-order valence-corrected chi connectivity index (χ4v) is 5.38. The lowest BCUT2D eigenvalue weighted by molar-refractivity contribution is -0.143. The molecule has 0 spiro atoms. The van der Waals surface area contributed by atoms with E-state index in [0.717, 1.165) is 29.7 Å². The van der Waals surface area contributed by atoms with Crippen molar-refractivity contribution >= 4 is 0 Å². The van der Waals surface area contributed by atoms with Crippen LogP contribution in [0, 0.1) is 23.7 Å². The first-order chi connectivity index (χ1) is 7.61. The number of hydrogen-bond donors (Lipinski definition) is 1. The predicted molar refractivity (Wildman–Crippen MR) is 64.8 cm³/mol. The van der Waals surface area contributed by atoms with Crippen molar-refractivity contribution in [3.8, 4) is 0 Å². The summed E-state index contributed by atoms with van der Waals surface area (Å²) in [6, 6.07) is 0.890. The second kappa shape index (κ2) is 3.02.